The SMILES string of the molecule is O=C(Cc1ccc(F)cc1)Nc1ccc(Nc2ccc(F)cc2)cc1. The van der Waals surface area contributed by atoms with Crippen molar-refractivity contribution in [2.24, 2.45) is 0 Å². The molecule has 0 aliphatic rings. The van der Waals surface area contributed by atoms with Crippen molar-refractivity contribution in [3.8, 4) is 0 Å². The Kier molecular flexibility index (Phi) is 5.04. The zero-order valence-electron chi connectivity index (χ0n) is 13.3. The van der Waals surface area contributed by atoms with Gasteiger partial charge in [-0.25, -0.2) is 8.78 Å². The Hall–Kier alpha value is -3.21. The molecular weight excluding hydrogens is 322 g/mol. The zero-order valence-corrected chi connectivity index (χ0v) is 13.3. The minimum Gasteiger partial charge on any atom is -0.356 e. The molecule has 0 radical (unpaired) electrons. The first-order valence-electron chi connectivity index (χ1n) is 7.75. The van der Waals surface area contributed by atoms with Crippen molar-refractivity contribution >= 4 is 23.0 Å². The van der Waals surface area contributed by atoms with Gasteiger partial charge in [0.1, 0.15) is 11.6 Å². The van der Waals surface area contributed by atoms with Gasteiger partial charge in [0.2, 0.25) is 5.91 Å². The molecule has 0 atom stereocenters. The molecule has 0 saturated carbocycles. The van der Waals surface area contributed by atoms with Gasteiger partial charge in [-0.05, 0) is 66.2 Å². The predicted octanol–water partition coefficient (Wildman–Crippen LogP) is 4.89. The van der Waals surface area contributed by atoms with Crippen LogP contribution in [0.1, 0.15) is 5.56 Å². The van der Waals surface area contributed by atoms with Crippen LogP contribution in [0, 0.1) is 11.6 Å². The van der Waals surface area contributed by atoms with E-state index in [0.29, 0.717) is 5.69 Å². The van der Waals surface area contributed by atoms with Crippen molar-refractivity contribution in [2.45, 2.75) is 6.42 Å². The molecule has 0 aliphatic heterocycles. The minimum atomic E-state index is -0.326. The van der Waals surface area contributed by atoms with Gasteiger partial charge in [0, 0.05) is 17.1 Å². The van der Waals surface area contributed by atoms with Crippen LogP contribution < -0.4 is 10.6 Å². The molecule has 0 spiro atoms. The van der Waals surface area contributed by atoms with Crippen molar-refractivity contribution in [1.82, 2.24) is 0 Å². The number of carbonyl (C=O) groups is 1. The fourth-order valence-corrected chi connectivity index (χ4v) is 2.33. The van der Waals surface area contributed by atoms with Gasteiger partial charge in [-0.3, -0.25) is 4.79 Å². The van der Waals surface area contributed by atoms with Crippen LogP contribution in [0.5, 0.6) is 0 Å². The molecule has 0 heterocycles. The van der Waals surface area contributed by atoms with E-state index in [2.05, 4.69) is 10.6 Å². The number of nitrogens with one attached hydrogen (secondary N) is 2. The highest BCUT2D eigenvalue weighted by Crippen LogP contribution is 2.19. The topological polar surface area (TPSA) is 41.1 Å². The number of hydrogen-bond acceptors (Lipinski definition) is 2. The molecule has 3 rings (SSSR count). The van der Waals surface area contributed by atoms with Gasteiger partial charge in [-0.1, -0.05) is 12.1 Å². The summed E-state index contributed by atoms with van der Waals surface area (Å²) in [5.74, 6) is -0.788. The quantitative estimate of drug-likeness (QED) is 0.695. The second-order valence-electron chi connectivity index (χ2n) is 5.56. The summed E-state index contributed by atoms with van der Waals surface area (Å²) < 4.78 is 25.7. The van der Waals surface area contributed by atoms with Crippen molar-refractivity contribution < 1.29 is 13.6 Å². The highest BCUT2D eigenvalue weighted by molar-refractivity contribution is 5.92. The third kappa shape index (κ3) is 4.88. The lowest BCUT2D eigenvalue weighted by molar-refractivity contribution is -0.115. The molecule has 3 nitrogen and oxygen atoms in total. The van der Waals surface area contributed by atoms with Crippen LogP contribution in [0.15, 0.2) is 72.8 Å². The van der Waals surface area contributed by atoms with Gasteiger partial charge in [0.25, 0.3) is 0 Å². The van der Waals surface area contributed by atoms with Crippen LogP contribution in [0.4, 0.5) is 25.8 Å². The summed E-state index contributed by atoms with van der Waals surface area (Å²) in [5.41, 5.74) is 3.00. The Morgan fingerprint density at radius 1 is 0.680 bits per heavy atom. The minimum absolute atomic E-state index is 0.175. The number of carbonyl (C=O) groups excluding carboxylic acids is 1. The van der Waals surface area contributed by atoms with Crippen LogP contribution >= 0.6 is 0 Å². The van der Waals surface area contributed by atoms with Crippen molar-refractivity contribution in [2.75, 3.05) is 10.6 Å². The average Bonchev–Trinajstić information content (AvgIpc) is 2.61. The summed E-state index contributed by atoms with van der Waals surface area (Å²) in [5, 5.41) is 5.94. The molecule has 2 N–H and O–H groups in total. The van der Waals surface area contributed by atoms with Crippen LogP contribution in [-0.4, -0.2) is 5.91 Å². The maximum atomic E-state index is 12.9. The van der Waals surface area contributed by atoms with E-state index in [0.717, 1.165) is 16.9 Å². The van der Waals surface area contributed by atoms with Crippen molar-refractivity contribution in [1.29, 1.82) is 0 Å². The highest BCUT2D eigenvalue weighted by Gasteiger charge is 2.05. The van der Waals surface area contributed by atoms with Crippen molar-refractivity contribution in [3.63, 3.8) is 0 Å². The lowest BCUT2D eigenvalue weighted by Crippen LogP contribution is -2.14. The summed E-state index contributed by atoms with van der Waals surface area (Å²) in [6.45, 7) is 0. The lowest BCUT2D eigenvalue weighted by Gasteiger charge is -2.09. The summed E-state index contributed by atoms with van der Waals surface area (Å²) >= 11 is 0. The summed E-state index contributed by atoms with van der Waals surface area (Å²) in [4.78, 5) is 12.0. The Morgan fingerprint density at radius 3 is 1.68 bits per heavy atom. The second-order valence-corrected chi connectivity index (χ2v) is 5.56. The number of anilines is 3. The van der Waals surface area contributed by atoms with E-state index in [1.165, 1.54) is 24.3 Å². The van der Waals surface area contributed by atoms with E-state index in [-0.39, 0.29) is 24.0 Å². The Morgan fingerprint density at radius 2 is 1.12 bits per heavy atom. The molecule has 0 unspecified atom stereocenters. The van der Waals surface area contributed by atoms with Gasteiger partial charge < -0.3 is 10.6 Å². The first-order chi connectivity index (χ1) is 12.1. The van der Waals surface area contributed by atoms with Crippen LogP contribution in [0.3, 0.4) is 0 Å². The van der Waals surface area contributed by atoms with Crippen LogP contribution in [-0.2, 0) is 11.2 Å². The molecule has 0 fully saturated rings. The number of halogens is 2. The standard InChI is InChI=1S/C20H16F2N2O/c21-15-3-1-14(2-4-15)13-20(25)24-19-11-9-18(10-12-19)23-17-7-5-16(22)6-8-17/h1-12,23H,13H2,(H,24,25). The van der Waals surface area contributed by atoms with Crippen LogP contribution in [0.25, 0.3) is 0 Å². The number of hydrogen-bond donors (Lipinski definition) is 2. The number of amides is 1. The van der Waals surface area contributed by atoms with Crippen LogP contribution in [0.2, 0.25) is 0 Å². The van der Waals surface area contributed by atoms with Crippen molar-refractivity contribution in [3.05, 3.63) is 90.0 Å². The highest BCUT2D eigenvalue weighted by atomic mass is 19.1. The molecule has 3 aromatic carbocycles. The molecule has 5 heteroatoms. The zero-order chi connectivity index (χ0) is 17.6. The number of rotatable bonds is 5. The van der Waals surface area contributed by atoms with Gasteiger partial charge >= 0.3 is 0 Å². The van der Waals surface area contributed by atoms with Gasteiger partial charge in [-0.2, -0.15) is 0 Å². The summed E-state index contributed by atoms with van der Waals surface area (Å²) in [7, 11) is 0. The average molecular weight is 338 g/mol. The molecule has 0 aliphatic carbocycles. The molecule has 0 aromatic heterocycles. The lowest BCUT2D eigenvalue weighted by atomic mass is 10.1. The molecule has 126 valence electrons. The first kappa shape index (κ1) is 16.6. The van der Waals surface area contributed by atoms with E-state index >= 15 is 0 Å². The summed E-state index contributed by atoms with van der Waals surface area (Å²) in [6, 6.07) is 19.1. The fourth-order valence-electron chi connectivity index (χ4n) is 2.33. The maximum Gasteiger partial charge on any atom is 0.228 e. The Balaban J connectivity index is 1.57. The monoisotopic (exact) mass is 338 g/mol. The Labute approximate surface area is 144 Å². The molecular formula is C20H16F2N2O. The third-order valence-electron chi connectivity index (χ3n) is 3.58. The largest absolute Gasteiger partial charge is 0.356 e. The smallest absolute Gasteiger partial charge is 0.228 e. The van der Waals surface area contributed by atoms with Gasteiger partial charge in [0.15, 0.2) is 0 Å². The summed E-state index contributed by atoms with van der Waals surface area (Å²) in [6.07, 6.45) is 0.176. The van der Waals surface area contributed by atoms with E-state index in [1.807, 2.05) is 12.1 Å². The maximum absolute atomic E-state index is 12.9. The molecule has 0 bridgehead atoms. The van der Waals surface area contributed by atoms with E-state index in [4.69, 9.17) is 0 Å². The third-order valence-corrected chi connectivity index (χ3v) is 3.58. The van der Waals surface area contributed by atoms with E-state index in [9.17, 15) is 13.6 Å². The van der Waals surface area contributed by atoms with Gasteiger partial charge in [0.05, 0.1) is 6.42 Å². The normalized spacial score (nSPS) is 10.3. The molecule has 0 saturated heterocycles. The van der Waals surface area contributed by atoms with E-state index in [1.54, 1.807) is 36.4 Å². The van der Waals surface area contributed by atoms with E-state index < -0.39 is 0 Å². The molecule has 1 amide bonds. The fraction of sp³-hybridized carbons (Fsp3) is 0.0500. The number of benzene rings is 3. The Bertz CT molecular complexity index is 844. The van der Waals surface area contributed by atoms with Gasteiger partial charge in [-0.15, -0.1) is 0 Å². The first-order valence-corrected chi connectivity index (χ1v) is 7.75. The second kappa shape index (κ2) is 7.57. The molecule has 3 aromatic rings. The predicted molar refractivity (Wildman–Crippen MR) is 94.9 cm³/mol. The molecule has 25 heavy (non-hydrogen) atoms.